The summed E-state index contributed by atoms with van der Waals surface area (Å²) in [4.78, 5) is 0. The first kappa shape index (κ1) is 14.8. The van der Waals surface area contributed by atoms with E-state index in [1.165, 1.54) is 11.3 Å². The summed E-state index contributed by atoms with van der Waals surface area (Å²) >= 11 is 0. The first-order valence-corrected chi connectivity index (χ1v) is 7.44. The predicted molar refractivity (Wildman–Crippen MR) is 84.4 cm³/mol. The third-order valence-electron chi connectivity index (χ3n) is 3.74. The number of nitrogens with one attached hydrogen (secondary N) is 1. The van der Waals surface area contributed by atoms with Crippen LogP contribution >= 0.6 is 0 Å². The van der Waals surface area contributed by atoms with E-state index in [2.05, 4.69) is 62.0 Å². The molecule has 3 nitrogen and oxygen atoms in total. The summed E-state index contributed by atoms with van der Waals surface area (Å²) in [5, 5.41) is 8.13. The van der Waals surface area contributed by atoms with Crippen molar-refractivity contribution in [1.29, 1.82) is 0 Å². The quantitative estimate of drug-likeness (QED) is 0.874. The smallest absolute Gasteiger partial charge is 0.0648 e. The summed E-state index contributed by atoms with van der Waals surface area (Å²) in [6, 6.07) is 10.4. The zero-order valence-corrected chi connectivity index (χ0v) is 13.0. The van der Waals surface area contributed by atoms with E-state index < -0.39 is 0 Å². The molecule has 0 aliphatic heterocycles. The minimum absolute atomic E-state index is 0.626. The summed E-state index contributed by atoms with van der Waals surface area (Å²) in [6.45, 7) is 10.8. The molecule has 0 saturated heterocycles. The van der Waals surface area contributed by atoms with Crippen molar-refractivity contribution in [2.24, 2.45) is 5.92 Å². The molecule has 0 radical (unpaired) electrons. The Morgan fingerprint density at radius 3 is 2.55 bits per heavy atom. The minimum atomic E-state index is 0.626. The second-order valence-electron chi connectivity index (χ2n) is 5.51. The van der Waals surface area contributed by atoms with Crippen LogP contribution in [0.2, 0.25) is 0 Å². The Kier molecular flexibility index (Phi) is 4.96. The maximum atomic E-state index is 4.71. The molecule has 1 N–H and O–H groups in total. The average Bonchev–Trinajstić information content (AvgIpc) is 2.74. The van der Waals surface area contributed by atoms with Gasteiger partial charge in [0.15, 0.2) is 0 Å². The monoisotopic (exact) mass is 271 g/mol. The van der Waals surface area contributed by atoms with Crippen LogP contribution in [-0.4, -0.2) is 22.9 Å². The lowest BCUT2D eigenvalue weighted by molar-refractivity contribution is 0.519. The molecule has 1 aromatic carbocycles. The van der Waals surface area contributed by atoms with Crippen molar-refractivity contribution in [3.63, 3.8) is 0 Å². The molecule has 0 saturated carbocycles. The highest BCUT2D eigenvalue weighted by molar-refractivity contribution is 5.37. The van der Waals surface area contributed by atoms with Crippen LogP contribution in [0.4, 0.5) is 0 Å². The maximum Gasteiger partial charge on any atom is 0.0648 e. The topological polar surface area (TPSA) is 29.9 Å². The molecule has 0 aliphatic rings. The fraction of sp³-hybridized carbons (Fsp3) is 0.471. The Balaban J connectivity index is 2.21. The summed E-state index contributed by atoms with van der Waals surface area (Å²) in [5.74, 6) is 0.626. The second-order valence-corrected chi connectivity index (χ2v) is 5.51. The van der Waals surface area contributed by atoms with Crippen molar-refractivity contribution >= 4 is 0 Å². The number of benzene rings is 1. The first-order valence-electron chi connectivity index (χ1n) is 7.44. The highest BCUT2D eigenvalue weighted by Gasteiger charge is 2.15. The largest absolute Gasteiger partial charge is 0.317 e. The van der Waals surface area contributed by atoms with Crippen LogP contribution < -0.4 is 5.32 Å². The lowest BCUT2D eigenvalue weighted by Gasteiger charge is -2.12. The van der Waals surface area contributed by atoms with Crippen LogP contribution in [0, 0.1) is 19.8 Å². The van der Waals surface area contributed by atoms with Gasteiger partial charge in [0.05, 0.1) is 11.4 Å². The Hall–Kier alpha value is -1.61. The third-order valence-corrected chi connectivity index (χ3v) is 3.74. The van der Waals surface area contributed by atoms with Crippen molar-refractivity contribution in [2.75, 3.05) is 13.1 Å². The highest BCUT2D eigenvalue weighted by Crippen LogP contribution is 2.20. The second kappa shape index (κ2) is 6.71. The summed E-state index contributed by atoms with van der Waals surface area (Å²) < 4.78 is 2.06. The fourth-order valence-corrected chi connectivity index (χ4v) is 2.60. The molecule has 1 unspecified atom stereocenters. The van der Waals surface area contributed by atoms with E-state index >= 15 is 0 Å². The zero-order chi connectivity index (χ0) is 14.5. The van der Waals surface area contributed by atoms with Gasteiger partial charge in [0.2, 0.25) is 0 Å². The van der Waals surface area contributed by atoms with Crippen LogP contribution in [0.15, 0.2) is 30.3 Å². The number of nitrogens with zero attached hydrogens (tertiary/aromatic N) is 2. The number of para-hydroxylation sites is 1. The summed E-state index contributed by atoms with van der Waals surface area (Å²) in [6.07, 6.45) is 1.08. The molecule has 0 fully saturated rings. The van der Waals surface area contributed by atoms with Gasteiger partial charge in [-0.3, -0.25) is 0 Å². The normalized spacial score (nSPS) is 12.6. The van der Waals surface area contributed by atoms with Crippen LogP contribution in [0.3, 0.4) is 0 Å². The van der Waals surface area contributed by atoms with Crippen LogP contribution in [0.25, 0.3) is 5.69 Å². The minimum Gasteiger partial charge on any atom is -0.317 e. The summed E-state index contributed by atoms with van der Waals surface area (Å²) in [5.41, 5.74) is 4.93. The van der Waals surface area contributed by atoms with E-state index in [0.29, 0.717) is 5.92 Å². The fourth-order valence-electron chi connectivity index (χ4n) is 2.60. The van der Waals surface area contributed by atoms with E-state index in [9.17, 15) is 0 Å². The van der Waals surface area contributed by atoms with E-state index in [4.69, 9.17) is 5.10 Å². The molecule has 1 heterocycles. The van der Waals surface area contributed by atoms with Gasteiger partial charge in [-0.15, -0.1) is 0 Å². The molecule has 20 heavy (non-hydrogen) atoms. The van der Waals surface area contributed by atoms with Gasteiger partial charge in [-0.2, -0.15) is 5.10 Å². The van der Waals surface area contributed by atoms with Crippen molar-refractivity contribution in [3.05, 3.63) is 47.3 Å². The van der Waals surface area contributed by atoms with Gasteiger partial charge in [0.1, 0.15) is 0 Å². The van der Waals surface area contributed by atoms with Crippen LogP contribution in [0.1, 0.15) is 30.8 Å². The standard InChI is InChI=1S/C17H25N3/c1-5-18-12-13(2)11-17-14(3)19-20(15(17)4)16-9-7-6-8-10-16/h6-10,13,18H,5,11-12H2,1-4H3. The molecule has 2 rings (SSSR count). The van der Waals surface area contributed by atoms with Gasteiger partial charge in [-0.05, 0) is 57.0 Å². The van der Waals surface area contributed by atoms with E-state index in [-0.39, 0.29) is 0 Å². The highest BCUT2D eigenvalue weighted by atomic mass is 15.3. The van der Waals surface area contributed by atoms with Gasteiger partial charge in [-0.1, -0.05) is 32.0 Å². The zero-order valence-electron chi connectivity index (χ0n) is 13.0. The van der Waals surface area contributed by atoms with E-state index in [1.54, 1.807) is 0 Å². The molecule has 0 aliphatic carbocycles. The number of aromatic nitrogens is 2. The molecule has 108 valence electrons. The van der Waals surface area contributed by atoms with E-state index in [1.807, 2.05) is 6.07 Å². The Bertz CT molecular complexity index is 543. The van der Waals surface area contributed by atoms with Gasteiger partial charge in [-0.25, -0.2) is 4.68 Å². The van der Waals surface area contributed by atoms with Gasteiger partial charge in [0, 0.05) is 5.69 Å². The molecular weight excluding hydrogens is 246 g/mol. The van der Waals surface area contributed by atoms with Gasteiger partial charge in [0.25, 0.3) is 0 Å². The van der Waals surface area contributed by atoms with Crippen molar-refractivity contribution in [1.82, 2.24) is 15.1 Å². The summed E-state index contributed by atoms with van der Waals surface area (Å²) in [7, 11) is 0. The SMILES string of the molecule is CCNCC(C)Cc1c(C)nn(-c2ccccc2)c1C. The Labute approximate surface area is 122 Å². The molecule has 0 amide bonds. The third kappa shape index (κ3) is 3.28. The van der Waals surface area contributed by atoms with E-state index in [0.717, 1.165) is 30.9 Å². The maximum absolute atomic E-state index is 4.71. The molecule has 0 bridgehead atoms. The Morgan fingerprint density at radius 1 is 1.20 bits per heavy atom. The molecule has 2 aromatic rings. The Morgan fingerprint density at radius 2 is 1.90 bits per heavy atom. The van der Waals surface area contributed by atoms with Crippen molar-refractivity contribution in [3.8, 4) is 5.69 Å². The molecule has 3 heteroatoms. The molecule has 1 aromatic heterocycles. The van der Waals surface area contributed by atoms with Crippen molar-refractivity contribution in [2.45, 2.75) is 34.1 Å². The van der Waals surface area contributed by atoms with Crippen LogP contribution in [0.5, 0.6) is 0 Å². The van der Waals surface area contributed by atoms with Crippen molar-refractivity contribution < 1.29 is 0 Å². The lowest BCUT2D eigenvalue weighted by atomic mass is 9.99. The van der Waals surface area contributed by atoms with Gasteiger partial charge >= 0.3 is 0 Å². The molecular formula is C17H25N3. The van der Waals surface area contributed by atoms with Crippen LogP contribution in [-0.2, 0) is 6.42 Å². The number of hydrogen-bond acceptors (Lipinski definition) is 2. The number of hydrogen-bond donors (Lipinski definition) is 1. The average molecular weight is 271 g/mol. The molecule has 1 atom stereocenters. The lowest BCUT2D eigenvalue weighted by Crippen LogP contribution is -2.22. The first-order chi connectivity index (χ1) is 9.63. The molecule has 0 spiro atoms. The predicted octanol–water partition coefficient (Wildman–Crippen LogP) is 3.28. The number of rotatable bonds is 6. The van der Waals surface area contributed by atoms with Gasteiger partial charge < -0.3 is 5.32 Å². The number of aryl methyl sites for hydroxylation is 1.